The van der Waals surface area contributed by atoms with E-state index in [1.807, 2.05) is 6.07 Å². The predicted octanol–water partition coefficient (Wildman–Crippen LogP) is 2.15. The first-order valence-electron chi connectivity index (χ1n) is 4.34. The van der Waals surface area contributed by atoms with Crippen LogP contribution in [0.25, 0.3) is 0 Å². The smallest absolute Gasteiger partial charge is 0.246 e. The van der Waals surface area contributed by atoms with Crippen molar-refractivity contribution in [1.29, 1.82) is 0 Å². The molecule has 0 heterocycles. The molecule has 0 aliphatic carbocycles. The van der Waals surface area contributed by atoms with Crippen LogP contribution in [0.4, 0.5) is 0 Å². The summed E-state index contributed by atoms with van der Waals surface area (Å²) < 4.78 is 4.93. The monoisotopic (exact) mass is 209 g/mol. The van der Waals surface area contributed by atoms with Crippen molar-refractivity contribution in [3.63, 3.8) is 0 Å². The van der Waals surface area contributed by atoms with Crippen LogP contribution in [0.15, 0.2) is 24.3 Å². The Balaban J connectivity index is 2.66. The second-order valence-electron chi connectivity index (χ2n) is 2.88. The Morgan fingerprint density at radius 1 is 1.23 bits per heavy atom. The van der Waals surface area contributed by atoms with E-state index in [1.54, 1.807) is 0 Å². The molecule has 1 rings (SSSR count). The van der Waals surface area contributed by atoms with Gasteiger partial charge in [-0.1, -0.05) is 24.3 Å². The summed E-state index contributed by atoms with van der Waals surface area (Å²) in [7, 11) is 3.02. The predicted molar refractivity (Wildman–Crippen MR) is 59.2 cm³/mol. The van der Waals surface area contributed by atoms with Crippen LogP contribution in [-0.2, 0) is 17.5 Å². The van der Waals surface area contributed by atoms with Crippen LogP contribution >= 0.6 is 12.6 Å². The van der Waals surface area contributed by atoms with Crippen molar-refractivity contribution in [3.8, 4) is 0 Å². The Hall–Kier alpha value is -0.253. The van der Waals surface area contributed by atoms with Crippen LogP contribution in [0, 0.1) is 0 Å². The van der Waals surface area contributed by atoms with E-state index in [9.17, 15) is 0 Å². The molecule has 69 valence electrons. The maximum Gasteiger partial charge on any atom is 0.246 e. The Kier molecular flexibility index (Phi) is 5.19. The highest BCUT2D eigenvalue weighted by atomic mass is 32.1. The van der Waals surface area contributed by atoms with Crippen LogP contribution in [0.3, 0.4) is 0 Å². The summed E-state index contributed by atoms with van der Waals surface area (Å²) in [4.78, 5) is 0. The van der Waals surface area contributed by atoms with Crippen molar-refractivity contribution in [2.45, 2.75) is 19.4 Å². The van der Waals surface area contributed by atoms with Gasteiger partial charge in [0.05, 0.1) is 6.61 Å². The van der Waals surface area contributed by atoms with Gasteiger partial charge in [-0.15, -0.1) is 0 Å². The standard InChI is InChI=1S/C10H13OSSi/c12-7-3-6-9-4-1-2-5-10(9)8-11-13/h1-2,4-5,12H,3,6-8H2. The number of hydrogen-bond donors (Lipinski definition) is 1. The van der Waals surface area contributed by atoms with E-state index in [-0.39, 0.29) is 0 Å². The van der Waals surface area contributed by atoms with Gasteiger partial charge in [0.1, 0.15) is 0 Å². The molecule has 0 unspecified atom stereocenters. The van der Waals surface area contributed by atoms with Crippen LogP contribution in [-0.4, -0.2) is 16.2 Å². The third-order valence-electron chi connectivity index (χ3n) is 1.95. The first kappa shape index (κ1) is 10.8. The molecule has 1 nitrogen and oxygen atoms in total. The Morgan fingerprint density at radius 3 is 2.54 bits per heavy atom. The number of hydrogen-bond acceptors (Lipinski definition) is 2. The number of aryl methyl sites for hydroxylation is 1. The van der Waals surface area contributed by atoms with Gasteiger partial charge >= 0.3 is 0 Å². The molecule has 0 amide bonds. The molecule has 0 bridgehead atoms. The lowest BCUT2D eigenvalue weighted by Gasteiger charge is -2.07. The molecular formula is C10H13OSSi. The fourth-order valence-corrected chi connectivity index (χ4v) is 1.60. The lowest BCUT2D eigenvalue weighted by Crippen LogP contribution is -1.96. The maximum absolute atomic E-state index is 4.93. The minimum atomic E-state index is 0.625. The topological polar surface area (TPSA) is 9.23 Å². The van der Waals surface area contributed by atoms with Crippen LogP contribution in [0.5, 0.6) is 0 Å². The maximum atomic E-state index is 4.93. The number of benzene rings is 1. The molecule has 3 heteroatoms. The molecule has 3 radical (unpaired) electrons. The average molecular weight is 209 g/mol. The minimum absolute atomic E-state index is 0.625. The molecule has 13 heavy (non-hydrogen) atoms. The minimum Gasteiger partial charge on any atom is -0.414 e. The van der Waals surface area contributed by atoms with Gasteiger partial charge in [0.15, 0.2) is 0 Å². The van der Waals surface area contributed by atoms with E-state index in [1.165, 1.54) is 11.1 Å². The molecule has 0 atom stereocenters. The van der Waals surface area contributed by atoms with Gasteiger partial charge in [-0.2, -0.15) is 12.6 Å². The van der Waals surface area contributed by atoms with Crippen molar-refractivity contribution in [1.82, 2.24) is 0 Å². The van der Waals surface area contributed by atoms with Gasteiger partial charge in [-0.25, -0.2) is 0 Å². The lowest BCUT2D eigenvalue weighted by molar-refractivity contribution is 0.337. The van der Waals surface area contributed by atoms with E-state index >= 15 is 0 Å². The fourth-order valence-electron chi connectivity index (χ4n) is 1.29. The summed E-state index contributed by atoms with van der Waals surface area (Å²) in [5, 5.41) is 0. The summed E-state index contributed by atoms with van der Waals surface area (Å²) in [5.41, 5.74) is 2.61. The summed E-state index contributed by atoms with van der Waals surface area (Å²) in [5.74, 6) is 0.934. The largest absolute Gasteiger partial charge is 0.414 e. The van der Waals surface area contributed by atoms with Gasteiger partial charge in [0, 0.05) is 0 Å². The van der Waals surface area contributed by atoms with Crippen molar-refractivity contribution < 1.29 is 4.43 Å². The highest BCUT2D eigenvalue weighted by Crippen LogP contribution is 2.12. The van der Waals surface area contributed by atoms with Crippen LogP contribution in [0.1, 0.15) is 17.5 Å². The third-order valence-corrected chi connectivity index (χ3v) is 2.41. The van der Waals surface area contributed by atoms with Gasteiger partial charge in [-0.05, 0) is 29.7 Å². The molecular weight excluding hydrogens is 196 g/mol. The van der Waals surface area contributed by atoms with Gasteiger partial charge < -0.3 is 4.43 Å². The molecule has 1 aromatic rings. The second-order valence-corrected chi connectivity index (χ2v) is 3.62. The molecule has 0 saturated heterocycles. The van der Waals surface area contributed by atoms with E-state index in [0.29, 0.717) is 6.61 Å². The molecule has 0 aromatic heterocycles. The first-order chi connectivity index (χ1) is 6.38. The molecule has 0 fully saturated rings. The Bertz CT molecular complexity index is 252. The zero-order valence-electron chi connectivity index (χ0n) is 7.49. The summed E-state index contributed by atoms with van der Waals surface area (Å²) >= 11 is 4.20. The fraction of sp³-hybridized carbons (Fsp3) is 0.400. The second kappa shape index (κ2) is 6.24. The van der Waals surface area contributed by atoms with Crippen LogP contribution in [0.2, 0.25) is 0 Å². The lowest BCUT2D eigenvalue weighted by atomic mass is 10.0. The van der Waals surface area contributed by atoms with Crippen molar-refractivity contribution in [3.05, 3.63) is 35.4 Å². The van der Waals surface area contributed by atoms with Crippen molar-refractivity contribution >= 4 is 23.1 Å². The Morgan fingerprint density at radius 2 is 1.92 bits per heavy atom. The van der Waals surface area contributed by atoms with Crippen molar-refractivity contribution in [2.75, 3.05) is 5.75 Å². The molecule has 0 aliphatic heterocycles. The molecule has 0 N–H and O–H groups in total. The molecule has 1 aromatic carbocycles. The zero-order valence-corrected chi connectivity index (χ0v) is 9.39. The highest BCUT2D eigenvalue weighted by molar-refractivity contribution is 7.80. The SMILES string of the molecule is [Si]OCc1ccccc1CCCS. The summed E-state index contributed by atoms with van der Waals surface area (Å²) in [6, 6.07) is 8.33. The molecule has 0 aliphatic rings. The van der Waals surface area contributed by atoms with E-state index < -0.39 is 0 Å². The summed E-state index contributed by atoms with van der Waals surface area (Å²) in [6.07, 6.45) is 2.19. The summed E-state index contributed by atoms with van der Waals surface area (Å²) in [6.45, 7) is 0.625. The number of rotatable bonds is 5. The zero-order chi connectivity index (χ0) is 9.52. The quantitative estimate of drug-likeness (QED) is 0.577. The molecule has 0 spiro atoms. The normalized spacial score (nSPS) is 10.3. The van der Waals surface area contributed by atoms with Crippen molar-refractivity contribution in [2.24, 2.45) is 0 Å². The van der Waals surface area contributed by atoms with E-state index in [2.05, 4.69) is 41.3 Å². The highest BCUT2D eigenvalue weighted by Gasteiger charge is 1.99. The average Bonchev–Trinajstić information content (AvgIpc) is 2.17. The van der Waals surface area contributed by atoms with Gasteiger partial charge in [0.25, 0.3) is 0 Å². The van der Waals surface area contributed by atoms with Crippen LogP contribution < -0.4 is 0 Å². The number of thiol groups is 1. The van der Waals surface area contributed by atoms with E-state index in [0.717, 1.165) is 18.6 Å². The van der Waals surface area contributed by atoms with E-state index in [4.69, 9.17) is 4.43 Å². The van der Waals surface area contributed by atoms with Gasteiger partial charge in [-0.3, -0.25) is 0 Å². The third kappa shape index (κ3) is 3.54. The first-order valence-corrected chi connectivity index (χ1v) is 5.38. The molecule has 0 saturated carbocycles. The van der Waals surface area contributed by atoms with Gasteiger partial charge in [0.2, 0.25) is 10.5 Å². The Labute approximate surface area is 88.5 Å².